The van der Waals surface area contributed by atoms with E-state index in [4.69, 9.17) is 47.7 Å². The molecule has 3 rings (SSSR count). The van der Waals surface area contributed by atoms with Crippen molar-refractivity contribution in [3.8, 4) is 0 Å². The van der Waals surface area contributed by atoms with E-state index in [2.05, 4.69) is 33.3 Å². The molecule has 0 aliphatic rings. The first-order chi connectivity index (χ1) is 28.9. The third kappa shape index (κ3) is 25.4. The van der Waals surface area contributed by atoms with Crippen LogP contribution in [0.1, 0.15) is 17.5 Å². The van der Waals surface area contributed by atoms with Gasteiger partial charge in [0.1, 0.15) is 11.9 Å². The number of rotatable bonds is 38. The number of hydrogen-bond acceptors (Lipinski definition) is 17. The van der Waals surface area contributed by atoms with Gasteiger partial charge >= 0.3 is 5.13 Å². The Morgan fingerprint density at radius 1 is 0.678 bits per heavy atom. The van der Waals surface area contributed by atoms with Crippen LogP contribution in [0, 0.1) is 6.92 Å². The molecular formula is C40H62N4O13S2. The zero-order valence-corrected chi connectivity index (χ0v) is 35.8. The Kier molecular flexibility index (Phi) is 27.9. The van der Waals surface area contributed by atoms with Crippen molar-refractivity contribution in [2.45, 2.75) is 26.4 Å². The minimum atomic E-state index is -4.26. The smallest absolute Gasteiger partial charge is 0.408 e. The number of ether oxygens (including phenoxy) is 9. The van der Waals surface area contributed by atoms with Crippen molar-refractivity contribution < 1.29 is 65.3 Å². The molecule has 0 atom stereocenters. The van der Waals surface area contributed by atoms with E-state index >= 15 is 0 Å². The zero-order valence-electron chi connectivity index (χ0n) is 34.2. The van der Waals surface area contributed by atoms with Crippen LogP contribution in [-0.4, -0.2) is 156 Å². The third-order valence-corrected chi connectivity index (χ3v) is 9.75. The van der Waals surface area contributed by atoms with Crippen LogP contribution in [0.5, 0.6) is 0 Å². The maximum absolute atomic E-state index is 11.0. The van der Waals surface area contributed by atoms with Crippen LogP contribution in [0.3, 0.4) is 0 Å². The van der Waals surface area contributed by atoms with E-state index in [1.165, 1.54) is 16.9 Å². The van der Waals surface area contributed by atoms with Crippen molar-refractivity contribution >= 4 is 38.0 Å². The first-order valence-electron chi connectivity index (χ1n) is 19.9. The van der Waals surface area contributed by atoms with Gasteiger partial charge in [-0.25, -0.2) is 13.0 Å². The first kappa shape index (κ1) is 50.3. The standard InChI is InChI=1S/C40H62N4O13S2/c1-36-34-38(8-9-39(36)41-42-40-43(12-32-58-40)10-5-33-59(46,47)48)44(35-37-6-3-2-4-7-37)11-14-49-16-18-51-20-22-53-24-26-55-28-30-57-31-29-56-27-25-54-23-21-52-19-17-50-15-13-45/h2-4,6-9,12,32,34,45H,5,10-11,13-31,33,35H2,1H3. The van der Waals surface area contributed by atoms with Gasteiger partial charge in [-0.3, -0.25) is 0 Å². The minimum absolute atomic E-state index is 0.0152. The van der Waals surface area contributed by atoms with Gasteiger partial charge in [-0.1, -0.05) is 30.3 Å². The lowest BCUT2D eigenvalue weighted by Crippen LogP contribution is -2.32. The summed E-state index contributed by atoms with van der Waals surface area (Å²) in [4.78, 5) is 2.26. The van der Waals surface area contributed by atoms with Crippen LogP contribution in [-0.2, 0) is 65.8 Å². The third-order valence-electron chi connectivity index (χ3n) is 8.18. The predicted octanol–water partition coefficient (Wildman–Crippen LogP) is 3.84. The van der Waals surface area contributed by atoms with Crippen LogP contribution in [0.2, 0.25) is 0 Å². The van der Waals surface area contributed by atoms with E-state index in [0.29, 0.717) is 144 Å². The highest BCUT2D eigenvalue weighted by Gasteiger charge is 2.14. The number of aryl methyl sites for hydroxylation is 2. The zero-order chi connectivity index (χ0) is 42.1. The molecule has 19 heteroatoms. The van der Waals surface area contributed by atoms with Gasteiger partial charge in [0.15, 0.2) is 0 Å². The highest BCUT2D eigenvalue weighted by Crippen LogP contribution is 2.28. The summed E-state index contributed by atoms with van der Waals surface area (Å²) in [5, 5.41) is 19.9. The summed E-state index contributed by atoms with van der Waals surface area (Å²) in [5.74, 6) is -0.418. The lowest BCUT2D eigenvalue weighted by atomic mass is 10.1. The lowest BCUT2D eigenvalue weighted by Gasteiger charge is -2.25. The van der Waals surface area contributed by atoms with E-state index < -0.39 is 15.9 Å². The molecule has 1 heterocycles. The molecule has 0 spiro atoms. The Morgan fingerprint density at radius 2 is 1.17 bits per heavy atom. The fraction of sp³-hybridized carbons (Fsp3) is 0.625. The van der Waals surface area contributed by atoms with Gasteiger partial charge in [0.2, 0.25) is 0 Å². The summed E-state index contributed by atoms with van der Waals surface area (Å²) in [7, 11) is -4.26. The number of aliphatic hydroxyl groups is 1. The van der Waals surface area contributed by atoms with E-state index in [9.17, 15) is 13.0 Å². The number of hydrogen-bond donors (Lipinski definition) is 1. The van der Waals surface area contributed by atoms with E-state index in [-0.39, 0.29) is 13.0 Å². The molecule has 1 aromatic heterocycles. The fourth-order valence-corrected chi connectivity index (χ4v) is 6.40. The van der Waals surface area contributed by atoms with Crippen molar-refractivity contribution in [3.05, 3.63) is 71.2 Å². The molecular weight excluding hydrogens is 809 g/mol. The number of azo groups is 1. The number of aliphatic hydroxyl groups excluding tert-OH is 1. The van der Waals surface area contributed by atoms with Gasteiger partial charge in [0.25, 0.3) is 0 Å². The molecule has 0 unspecified atom stereocenters. The molecule has 0 saturated heterocycles. The summed E-state index contributed by atoms with van der Waals surface area (Å²) in [6.07, 6.45) is 2.01. The molecule has 1 N–H and O–H groups in total. The summed E-state index contributed by atoms with van der Waals surface area (Å²) >= 11 is 1.39. The van der Waals surface area contributed by atoms with Crippen LogP contribution in [0.25, 0.3) is 0 Å². The van der Waals surface area contributed by atoms with E-state index in [1.54, 1.807) is 10.8 Å². The lowest BCUT2D eigenvalue weighted by molar-refractivity contribution is -0.680. The van der Waals surface area contributed by atoms with Gasteiger partial charge < -0.3 is 57.2 Å². The van der Waals surface area contributed by atoms with Crippen molar-refractivity contribution in [2.24, 2.45) is 10.2 Å². The van der Waals surface area contributed by atoms with Gasteiger partial charge in [0, 0.05) is 29.9 Å². The quantitative estimate of drug-likeness (QED) is 0.0378. The molecule has 332 valence electrons. The van der Waals surface area contributed by atoms with Crippen molar-refractivity contribution in [1.82, 2.24) is 0 Å². The van der Waals surface area contributed by atoms with Crippen LogP contribution >= 0.6 is 11.3 Å². The number of thiazole rings is 1. The SMILES string of the molecule is Cc1cc(N(CCOCCOCCOCCOCCOCCOCCOCCOCCOCCO)Cc2ccccc2)ccc1N=Nc1scc[n+]1CCCS(=O)(=O)[O-]. The van der Waals surface area contributed by atoms with Gasteiger partial charge in [0.05, 0.1) is 147 Å². The summed E-state index contributed by atoms with van der Waals surface area (Å²) in [5.41, 5.74) is 3.89. The molecule has 0 amide bonds. The molecule has 0 bridgehead atoms. The Bertz CT molecular complexity index is 1620. The minimum Gasteiger partial charge on any atom is -0.748 e. The second-order valence-electron chi connectivity index (χ2n) is 12.8. The topological polar surface area (TPSA) is 192 Å². The average Bonchev–Trinajstić information content (AvgIpc) is 3.67. The fourth-order valence-electron chi connectivity index (χ4n) is 5.21. The largest absolute Gasteiger partial charge is 0.748 e. The molecule has 3 aromatic rings. The van der Waals surface area contributed by atoms with Gasteiger partial charge in [-0.2, -0.15) is 0 Å². The molecule has 0 radical (unpaired) electrons. The summed E-state index contributed by atoms with van der Waals surface area (Å²) in [6.45, 7) is 12.2. The first-order valence-corrected chi connectivity index (χ1v) is 22.3. The van der Waals surface area contributed by atoms with Crippen LogP contribution < -0.4 is 9.47 Å². The second-order valence-corrected chi connectivity index (χ2v) is 15.2. The average molecular weight is 871 g/mol. The second kappa shape index (κ2) is 32.7. The number of benzene rings is 2. The molecule has 2 aromatic carbocycles. The molecule has 0 aliphatic heterocycles. The van der Waals surface area contributed by atoms with Crippen molar-refractivity contribution in [3.63, 3.8) is 0 Å². The molecule has 0 aliphatic carbocycles. The van der Waals surface area contributed by atoms with Crippen LogP contribution in [0.4, 0.5) is 16.5 Å². The Balaban J connectivity index is 1.20. The highest BCUT2D eigenvalue weighted by atomic mass is 32.2. The number of anilines is 1. The maximum atomic E-state index is 11.0. The van der Waals surface area contributed by atoms with Crippen molar-refractivity contribution in [2.75, 3.05) is 143 Å². The van der Waals surface area contributed by atoms with E-state index in [1.807, 2.05) is 42.6 Å². The maximum Gasteiger partial charge on any atom is 0.408 e. The van der Waals surface area contributed by atoms with E-state index in [0.717, 1.165) is 16.9 Å². The number of nitrogens with zero attached hydrogens (tertiary/aromatic N) is 4. The monoisotopic (exact) mass is 870 g/mol. The molecule has 59 heavy (non-hydrogen) atoms. The Hall–Kier alpha value is -3.02. The molecule has 0 fully saturated rings. The molecule has 17 nitrogen and oxygen atoms in total. The summed E-state index contributed by atoms with van der Waals surface area (Å²) in [6, 6.07) is 16.3. The summed E-state index contributed by atoms with van der Waals surface area (Å²) < 4.78 is 84.2. The van der Waals surface area contributed by atoms with Crippen molar-refractivity contribution in [1.29, 1.82) is 0 Å². The number of aromatic nitrogens is 1. The Labute approximate surface area is 352 Å². The van der Waals surface area contributed by atoms with Gasteiger partial charge in [-0.05, 0) is 59.1 Å². The van der Waals surface area contributed by atoms with Crippen LogP contribution in [0.15, 0.2) is 70.3 Å². The predicted molar refractivity (Wildman–Crippen MR) is 221 cm³/mol. The van der Waals surface area contributed by atoms with Gasteiger partial charge in [-0.15, -0.1) is 0 Å². The highest BCUT2D eigenvalue weighted by molar-refractivity contribution is 7.85. The Morgan fingerprint density at radius 3 is 1.64 bits per heavy atom. The normalized spacial score (nSPS) is 11.9. The molecule has 0 saturated carbocycles.